The number of likely N-dealkylation sites (tertiary alicyclic amines) is 1. The number of carbonyl (C=O) groups is 3. The average molecular weight is 544 g/mol. The van der Waals surface area contributed by atoms with E-state index in [1.165, 1.54) is 19.1 Å². The van der Waals surface area contributed by atoms with Crippen molar-refractivity contribution in [2.45, 2.75) is 71.9 Å². The molecule has 0 radical (unpaired) electrons. The first-order chi connectivity index (χ1) is 15.9. The minimum absolute atomic E-state index is 0.0236. The molecule has 0 bridgehead atoms. The molecule has 1 heterocycles. The molecule has 3 amide bonds. The van der Waals surface area contributed by atoms with Crippen LogP contribution in [0.1, 0.15) is 60.8 Å². The van der Waals surface area contributed by atoms with Gasteiger partial charge in [-0.15, -0.1) is 4.52 Å². The molecule has 1 rings (SSSR count). The van der Waals surface area contributed by atoms with Crippen LogP contribution >= 0.6 is 16.1 Å². The van der Waals surface area contributed by atoms with Crippen LogP contribution in [0.25, 0.3) is 0 Å². The summed E-state index contributed by atoms with van der Waals surface area (Å²) < 4.78 is 20.3. The van der Waals surface area contributed by atoms with Crippen molar-refractivity contribution >= 4 is 33.8 Å². The van der Waals surface area contributed by atoms with Crippen molar-refractivity contribution < 1.29 is 42.1 Å². The predicted molar refractivity (Wildman–Crippen MR) is 134 cm³/mol. The monoisotopic (exact) mass is 543 g/mol. The maximum atomic E-state index is 12.9. The number of hydrogen-bond acceptors (Lipinski definition) is 10. The lowest BCUT2D eigenvalue weighted by molar-refractivity contribution is -0.160. The van der Waals surface area contributed by atoms with E-state index < -0.39 is 32.6 Å². The van der Waals surface area contributed by atoms with Gasteiger partial charge in [0.2, 0.25) is 17.7 Å². The van der Waals surface area contributed by atoms with E-state index in [-0.39, 0.29) is 56.3 Å². The number of rotatable bonds is 14. The minimum atomic E-state index is -3.85. The highest BCUT2D eigenvalue weighted by Gasteiger charge is 2.60. The Balaban J connectivity index is 2.73. The molecular formula is C21H43N3O9P2+2. The maximum Gasteiger partial charge on any atom is 0.617 e. The van der Waals surface area contributed by atoms with Gasteiger partial charge in [-0.05, 0) is 41.2 Å². The Morgan fingerprint density at radius 1 is 1.11 bits per heavy atom. The molecule has 2 atom stereocenters. The molecule has 1 aliphatic rings. The van der Waals surface area contributed by atoms with Gasteiger partial charge in [0.25, 0.3) is 0 Å². The van der Waals surface area contributed by atoms with Gasteiger partial charge < -0.3 is 10.6 Å². The van der Waals surface area contributed by atoms with E-state index >= 15 is 0 Å². The molecule has 2 unspecified atom stereocenters. The molecule has 4 N–H and O–H groups in total. The van der Waals surface area contributed by atoms with Gasteiger partial charge in [0.15, 0.2) is 0 Å². The topological polar surface area (TPSA) is 156 Å². The number of imide groups is 1. The lowest BCUT2D eigenvalue weighted by Gasteiger charge is -2.46. The Bertz CT molecular complexity index is 759. The molecule has 0 aliphatic carbocycles. The Labute approximate surface area is 209 Å². The van der Waals surface area contributed by atoms with Crippen molar-refractivity contribution in [2.24, 2.45) is 5.41 Å². The third kappa shape index (κ3) is 8.62. The molecule has 1 saturated heterocycles. The SMILES string of the molecule is CC[P+](O)(OC)O[P+](O)(OC)OCCNC(=O)C(C)(C)CC(C)(C)N1C(=O)CC(C)(NC)CC1=O. The van der Waals surface area contributed by atoms with Crippen LogP contribution in [0.3, 0.4) is 0 Å². The molecule has 0 aromatic rings. The van der Waals surface area contributed by atoms with Crippen LogP contribution in [0, 0.1) is 5.41 Å². The van der Waals surface area contributed by atoms with Crippen LogP contribution in [0.5, 0.6) is 0 Å². The summed E-state index contributed by atoms with van der Waals surface area (Å²) in [4.78, 5) is 60.4. The van der Waals surface area contributed by atoms with Gasteiger partial charge in [0, 0.05) is 35.9 Å². The first-order valence-corrected chi connectivity index (χ1v) is 14.7. The lowest BCUT2D eigenvalue weighted by atomic mass is 9.76. The van der Waals surface area contributed by atoms with Crippen LogP contribution in [0.2, 0.25) is 0 Å². The van der Waals surface area contributed by atoms with E-state index in [4.69, 9.17) is 17.9 Å². The van der Waals surface area contributed by atoms with Crippen LogP contribution < -0.4 is 10.6 Å². The number of nitrogens with one attached hydrogen (secondary N) is 2. The number of piperidine rings is 1. The highest BCUT2D eigenvalue weighted by Crippen LogP contribution is 2.73. The van der Waals surface area contributed by atoms with Crippen molar-refractivity contribution in [1.29, 1.82) is 0 Å². The molecule has 1 aliphatic heterocycles. The van der Waals surface area contributed by atoms with Gasteiger partial charge in [-0.1, -0.05) is 13.8 Å². The summed E-state index contributed by atoms with van der Waals surface area (Å²) in [6, 6.07) is 0. The fourth-order valence-electron chi connectivity index (χ4n) is 4.18. The van der Waals surface area contributed by atoms with E-state index in [9.17, 15) is 24.2 Å². The van der Waals surface area contributed by atoms with Crippen LogP contribution in [-0.2, 0) is 32.3 Å². The minimum Gasteiger partial charge on any atom is -0.353 e. The van der Waals surface area contributed by atoms with Crippen molar-refractivity contribution in [3.63, 3.8) is 0 Å². The average Bonchev–Trinajstić information content (AvgIpc) is 2.74. The van der Waals surface area contributed by atoms with Gasteiger partial charge in [-0.3, -0.25) is 19.3 Å². The van der Waals surface area contributed by atoms with Gasteiger partial charge in [-0.25, -0.2) is 0 Å². The summed E-state index contributed by atoms with van der Waals surface area (Å²) in [7, 11) is -3.01. The van der Waals surface area contributed by atoms with Crippen LogP contribution in [-0.4, -0.2) is 84.1 Å². The molecule has 204 valence electrons. The molecule has 0 saturated carbocycles. The van der Waals surface area contributed by atoms with Crippen molar-refractivity contribution in [1.82, 2.24) is 15.5 Å². The number of nitrogens with zero attached hydrogens (tertiary/aromatic N) is 1. The second-order valence-corrected chi connectivity index (χ2v) is 14.6. The summed E-state index contributed by atoms with van der Waals surface area (Å²) in [6.45, 7) is 10.4. The summed E-state index contributed by atoms with van der Waals surface area (Å²) >= 11 is 0. The largest absolute Gasteiger partial charge is 0.617 e. The fourth-order valence-corrected chi connectivity index (χ4v) is 7.34. The number of hydrogen-bond donors (Lipinski definition) is 4. The van der Waals surface area contributed by atoms with E-state index in [1.54, 1.807) is 41.7 Å². The quantitative estimate of drug-likeness (QED) is 0.146. The second-order valence-electron chi connectivity index (χ2n) is 10.1. The molecule has 0 aromatic carbocycles. The van der Waals surface area contributed by atoms with Crippen molar-refractivity contribution in [3.05, 3.63) is 0 Å². The maximum absolute atomic E-state index is 12.9. The standard InChI is InChI=1S/C21H42N3O9P2/c1-10-34(28,30-8)33-35(29,31-9)32-12-11-23-18(27)19(2,3)15-20(4,5)24-16(25)13-21(6,22-7)14-17(24)26/h22,28-29H,10-15H2,1-9H3/q+1/p+1. The Kier molecular flexibility index (Phi) is 11.2. The molecule has 14 heteroatoms. The van der Waals surface area contributed by atoms with E-state index in [0.29, 0.717) is 0 Å². The number of carbonyl (C=O) groups excluding carboxylic acids is 3. The summed E-state index contributed by atoms with van der Waals surface area (Å²) in [6.07, 6.45) is 0.735. The predicted octanol–water partition coefficient (Wildman–Crippen LogP) is 2.20. The van der Waals surface area contributed by atoms with E-state index in [2.05, 4.69) is 10.6 Å². The van der Waals surface area contributed by atoms with Crippen molar-refractivity contribution in [2.75, 3.05) is 40.6 Å². The third-order valence-corrected chi connectivity index (χ3v) is 10.3. The van der Waals surface area contributed by atoms with Gasteiger partial charge in [0.1, 0.15) is 12.8 Å². The summed E-state index contributed by atoms with van der Waals surface area (Å²) in [5.74, 6) is -0.872. The van der Waals surface area contributed by atoms with Gasteiger partial charge in [-0.2, -0.15) is 18.8 Å². The zero-order chi connectivity index (χ0) is 27.3. The Morgan fingerprint density at radius 2 is 1.66 bits per heavy atom. The Hall–Kier alpha value is -0.810. The summed E-state index contributed by atoms with van der Waals surface area (Å²) in [5, 5.41) is 5.77. The highest BCUT2D eigenvalue weighted by molar-refractivity contribution is 7.71. The molecular weight excluding hydrogens is 500 g/mol. The zero-order valence-corrected chi connectivity index (χ0v) is 24.1. The first kappa shape index (κ1) is 32.2. The molecule has 0 aromatic heterocycles. The summed E-state index contributed by atoms with van der Waals surface area (Å²) in [5.41, 5.74) is -2.39. The highest BCUT2D eigenvalue weighted by atomic mass is 31.3. The molecule has 12 nitrogen and oxygen atoms in total. The second kappa shape index (κ2) is 12.2. The van der Waals surface area contributed by atoms with Crippen LogP contribution in [0.15, 0.2) is 0 Å². The first-order valence-electron chi connectivity index (χ1n) is 11.4. The van der Waals surface area contributed by atoms with Crippen molar-refractivity contribution in [3.8, 4) is 0 Å². The van der Waals surface area contributed by atoms with E-state index in [0.717, 1.165) is 0 Å². The smallest absolute Gasteiger partial charge is 0.353 e. The fraction of sp³-hybridized carbons (Fsp3) is 0.857. The van der Waals surface area contributed by atoms with Gasteiger partial charge in [0.05, 0.1) is 18.5 Å². The van der Waals surface area contributed by atoms with E-state index in [1.807, 2.05) is 6.92 Å². The third-order valence-electron chi connectivity index (χ3n) is 6.07. The van der Waals surface area contributed by atoms with Gasteiger partial charge >= 0.3 is 16.1 Å². The Morgan fingerprint density at radius 3 is 2.09 bits per heavy atom. The molecule has 0 spiro atoms. The zero-order valence-electron chi connectivity index (χ0n) is 22.3. The van der Waals surface area contributed by atoms with Crippen LogP contribution in [0.4, 0.5) is 0 Å². The lowest BCUT2D eigenvalue weighted by Crippen LogP contribution is -2.62. The molecule has 35 heavy (non-hydrogen) atoms. The normalized spacial score (nSPS) is 20.4. The molecule has 1 fully saturated rings. The number of amides is 3.